The largest absolute Gasteiger partial charge is 0.339 e. The first-order valence-corrected chi connectivity index (χ1v) is 13.4. The van der Waals surface area contributed by atoms with Gasteiger partial charge in [-0.25, -0.2) is 9.67 Å². The molecule has 5 aromatic rings. The number of aromatic amines is 1. The van der Waals surface area contributed by atoms with Crippen molar-refractivity contribution < 1.29 is 4.79 Å². The van der Waals surface area contributed by atoms with E-state index in [2.05, 4.69) is 15.3 Å². The summed E-state index contributed by atoms with van der Waals surface area (Å²) in [6.45, 7) is 1.37. The van der Waals surface area contributed by atoms with E-state index in [1.54, 1.807) is 22.9 Å². The van der Waals surface area contributed by atoms with Crippen LogP contribution in [0.25, 0.3) is 22.3 Å². The Morgan fingerprint density at radius 1 is 0.897 bits per heavy atom. The van der Waals surface area contributed by atoms with E-state index >= 15 is 0 Å². The molecule has 6 rings (SSSR count). The maximum absolute atomic E-state index is 13.2. The minimum Gasteiger partial charge on any atom is -0.339 e. The average molecular weight is 559 g/mol. The van der Waals surface area contributed by atoms with E-state index < -0.39 is 0 Å². The first kappa shape index (κ1) is 25.3. The first-order chi connectivity index (χ1) is 19.0. The zero-order valence-electron chi connectivity index (χ0n) is 20.8. The lowest BCUT2D eigenvalue weighted by Crippen LogP contribution is -2.38. The number of amides is 1. The molecule has 1 aliphatic rings. The number of hydrogen-bond acceptors (Lipinski definition) is 5. The number of carbonyl (C=O) groups excluding carboxylic acids is 1. The third-order valence-electron chi connectivity index (χ3n) is 7.17. The van der Waals surface area contributed by atoms with Crippen LogP contribution in [0.15, 0.2) is 77.6 Å². The van der Waals surface area contributed by atoms with Gasteiger partial charge in [0.05, 0.1) is 6.54 Å². The van der Waals surface area contributed by atoms with E-state index in [4.69, 9.17) is 28.2 Å². The SMILES string of the molecule is O=C(c1ccc(-c2ccccc2)cc1)N1CCC(c2nc3c(nnn3Cc3c(Cl)cccc3Cl)c(=O)[nH]2)CC1. The van der Waals surface area contributed by atoms with Crippen molar-refractivity contribution in [3.05, 3.63) is 110 Å². The molecule has 3 heterocycles. The second-order valence-electron chi connectivity index (χ2n) is 9.58. The number of nitrogens with zero attached hydrogens (tertiary/aromatic N) is 5. The van der Waals surface area contributed by atoms with Crippen molar-refractivity contribution in [3.63, 3.8) is 0 Å². The van der Waals surface area contributed by atoms with Crippen LogP contribution in [0.5, 0.6) is 0 Å². The smallest absolute Gasteiger partial charge is 0.281 e. The highest BCUT2D eigenvalue weighted by Gasteiger charge is 2.27. The molecule has 0 aliphatic carbocycles. The third kappa shape index (κ3) is 5.05. The zero-order chi connectivity index (χ0) is 26.9. The number of halogens is 2. The van der Waals surface area contributed by atoms with Crippen LogP contribution in [0.4, 0.5) is 0 Å². The average Bonchev–Trinajstić information content (AvgIpc) is 3.38. The second kappa shape index (κ2) is 10.6. The van der Waals surface area contributed by atoms with Gasteiger partial charge >= 0.3 is 0 Å². The Labute approximate surface area is 234 Å². The van der Waals surface area contributed by atoms with Crippen LogP contribution in [-0.2, 0) is 6.54 Å². The summed E-state index contributed by atoms with van der Waals surface area (Å²) < 4.78 is 1.54. The van der Waals surface area contributed by atoms with E-state index in [1.807, 2.05) is 59.5 Å². The number of aromatic nitrogens is 5. The Kier molecular flexibility index (Phi) is 6.89. The van der Waals surface area contributed by atoms with E-state index in [1.165, 1.54) is 0 Å². The molecule has 1 aliphatic heterocycles. The fraction of sp³-hybridized carbons (Fsp3) is 0.207. The minimum absolute atomic E-state index is 0.00106. The quantitative estimate of drug-likeness (QED) is 0.304. The topological polar surface area (TPSA) is 96.8 Å². The molecule has 1 saturated heterocycles. The van der Waals surface area contributed by atoms with Gasteiger partial charge in [-0.1, -0.05) is 76.9 Å². The van der Waals surface area contributed by atoms with Crippen molar-refractivity contribution in [3.8, 4) is 11.1 Å². The standard InChI is InChI=1S/C29H24Cl2N6O2/c30-23-7-4-8-24(31)22(23)17-37-27-25(34-35-37)28(38)33-26(32-27)20-13-15-36(16-14-20)29(39)21-11-9-19(10-12-21)18-5-2-1-3-6-18/h1-12,20H,13-17H2,(H,32,33,38). The summed E-state index contributed by atoms with van der Waals surface area (Å²) in [6.07, 6.45) is 1.36. The van der Waals surface area contributed by atoms with Gasteiger partial charge in [0.2, 0.25) is 0 Å². The molecular weight excluding hydrogens is 535 g/mol. The Morgan fingerprint density at radius 3 is 2.26 bits per heavy atom. The molecule has 10 heteroatoms. The maximum Gasteiger partial charge on any atom is 0.281 e. The molecule has 2 aromatic heterocycles. The molecule has 0 radical (unpaired) electrons. The highest BCUT2D eigenvalue weighted by Crippen LogP contribution is 2.28. The van der Waals surface area contributed by atoms with Crippen LogP contribution < -0.4 is 5.56 Å². The normalized spacial score (nSPS) is 14.2. The number of likely N-dealkylation sites (tertiary alicyclic amines) is 1. The Morgan fingerprint density at radius 2 is 1.56 bits per heavy atom. The van der Waals surface area contributed by atoms with Crippen molar-refractivity contribution >= 4 is 40.3 Å². The lowest BCUT2D eigenvalue weighted by molar-refractivity contribution is 0.0711. The van der Waals surface area contributed by atoms with Crippen LogP contribution in [0.1, 0.15) is 40.5 Å². The third-order valence-corrected chi connectivity index (χ3v) is 7.88. The molecule has 0 atom stereocenters. The van der Waals surface area contributed by atoms with Gasteiger partial charge in [0.1, 0.15) is 5.82 Å². The van der Waals surface area contributed by atoms with Crippen molar-refractivity contribution in [2.24, 2.45) is 0 Å². The highest BCUT2D eigenvalue weighted by atomic mass is 35.5. The van der Waals surface area contributed by atoms with Crippen molar-refractivity contribution in [2.75, 3.05) is 13.1 Å². The molecule has 0 spiro atoms. The van der Waals surface area contributed by atoms with Gasteiger partial charge in [0.25, 0.3) is 11.5 Å². The summed E-state index contributed by atoms with van der Waals surface area (Å²) in [4.78, 5) is 35.4. The predicted octanol–water partition coefficient (Wildman–Crippen LogP) is 5.56. The monoisotopic (exact) mass is 558 g/mol. The molecule has 3 aromatic carbocycles. The van der Waals surface area contributed by atoms with E-state index in [-0.39, 0.29) is 29.4 Å². The summed E-state index contributed by atoms with van der Waals surface area (Å²) in [5, 5.41) is 9.16. The highest BCUT2D eigenvalue weighted by molar-refractivity contribution is 6.36. The fourth-order valence-corrected chi connectivity index (χ4v) is 5.51. The van der Waals surface area contributed by atoms with Gasteiger partial charge in [-0.3, -0.25) is 9.59 Å². The molecule has 1 amide bonds. The van der Waals surface area contributed by atoms with Crippen LogP contribution in [-0.4, -0.2) is 48.9 Å². The van der Waals surface area contributed by atoms with Crippen molar-refractivity contribution in [2.45, 2.75) is 25.3 Å². The lowest BCUT2D eigenvalue weighted by Gasteiger charge is -2.31. The fourth-order valence-electron chi connectivity index (χ4n) is 4.99. The maximum atomic E-state index is 13.2. The molecule has 39 heavy (non-hydrogen) atoms. The summed E-state index contributed by atoms with van der Waals surface area (Å²) in [5.74, 6) is 0.573. The van der Waals surface area contributed by atoms with Gasteiger partial charge in [0.15, 0.2) is 11.2 Å². The van der Waals surface area contributed by atoms with E-state index in [0.717, 1.165) is 11.1 Å². The van der Waals surface area contributed by atoms with Gasteiger partial charge < -0.3 is 9.88 Å². The predicted molar refractivity (Wildman–Crippen MR) is 151 cm³/mol. The van der Waals surface area contributed by atoms with Gasteiger partial charge in [0, 0.05) is 40.2 Å². The number of fused-ring (bicyclic) bond motifs is 1. The molecule has 0 unspecified atom stereocenters. The van der Waals surface area contributed by atoms with Crippen LogP contribution in [0.2, 0.25) is 10.0 Å². The van der Waals surface area contributed by atoms with Crippen LogP contribution >= 0.6 is 23.2 Å². The summed E-state index contributed by atoms with van der Waals surface area (Å²) in [5.41, 5.74) is 3.72. The van der Waals surface area contributed by atoms with Crippen molar-refractivity contribution in [1.29, 1.82) is 0 Å². The number of rotatable bonds is 5. The Balaban J connectivity index is 1.17. The number of carbonyl (C=O) groups is 1. The molecule has 0 saturated carbocycles. The first-order valence-electron chi connectivity index (χ1n) is 12.7. The lowest BCUT2D eigenvalue weighted by atomic mass is 9.95. The number of piperidine rings is 1. The van der Waals surface area contributed by atoms with Crippen LogP contribution in [0, 0.1) is 0 Å². The Bertz CT molecular complexity index is 1690. The number of nitrogens with one attached hydrogen (secondary N) is 1. The van der Waals surface area contributed by atoms with E-state index in [9.17, 15) is 9.59 Å². The number of benzene rings is 3. The molecular formula is C29H24Cl2N6O2. The minimum atomic E-state index is -0.344. The molecule has 1 fully saturated rings. The van der Waals surface area contributed by atoms with E-state index in [0.29, 0.717) is 58.6 Å². The van der Waals surface area contributed by atoms with Gasteiger partial charge in [-0.2, -0.15) is 0 Å². The van der Waals surface area contributed by atoms with Gasteiger partial charge in [-0.05, 0) is 48.2 Å². The molecule has 0 bridgehead atoms. The molecule has 1 N–H and O–H groups in total. The summed E-state index contributed by atoms with van der Waals surface area (Å²) >= 11 is 12.7. The summed E-state index contributed by atoms with van der Waals surface area (Å²) in [7, 11) is 0. The van der Waals surface area contributed by atoms with Crippen LogP contribution in [0.3, 0.4) is 0 Å². The number of H-pyrrole nitrogens is 1. The Hall–Kier alpha value is -4.01. The molecule has 196 valence electrons. The zero-order valence-corrected chi connectivity index (χ0v) is 22.4. The van der Waals surface area contributed by atoms with Crippen molar-refractivity contribution in [1.82, 2.24) is 29.9 Å². The summed E-state index contributed by atoms with van der Waals surface area (Å²) in [6, 6.07) is 23.1. The van der Waals surface area contributed by atoms with Gasteiger partial charge in [-0.15, -0.1) is 5.10 Å². The second-order valence-corrected chi connectivity index (χ2v) is 10.4. The molecule has 8 nitrogen and oxygen atoms in total. The number of hydrogen-bond donors (Lipinski definition) is 1.